The first kappa shape index (κ1) is 19.9. The number of carbonyl (C=O) groups excluding carboxylic acids is 1. The standard InChI is InChI=1S/C21H24F2N4O/c1-20(2,25)13-7-5-12(6-8-13)17-18(28)27(4)19(24)26-21(17,3)15-10-9-14(22)11-16(15)23/h5-11,17H,25H2,1-4H3,(H2,24,26)/t17-,21-/m1/s1. The molecule has 0 bridgehead atoms. The Labute approximate surface area is 163 Å². The number of hydrogen-bond acceptors (Lipinski definition) is 3. The van der Waals surface area contributed by atoms with Gasteiger partial charge >= 0.3 is 0 Å². The van der Waals surface area contributed by atoms with Crippen LogP contribution < -0.4 is 11.1 Å². The first-order valence-corrected chi connectivity index (χ1v) is 8.94. The maximum absolute atomic E-state index is 14.6. The molecule has 0 aliphatic carbocycles. The second kappa shape index (κ2) is 6.67. The summed E-state index contributed by atoms with van der Waals surface area (Å²) >= 11 is 0. The van der Waals surface area contributed by atoms with Crippen molar-refractivity contribution >= 4 is 11.9 Å². The molecule has 0 saturated carbocycles. The molecule has 0 unspecified atom stereocenters. The molecule has 0 spiro atoms. The summed E-state index contributed by atoms with van der Waals surface area (Å²) in [6, 6.07) is 10.5. The van der Waals surface area contributed by atoms with E-state index in [4.69, 9.17) is 11.1 Å². The van der Waals surface area contributed by atoms with E-state index in [0.717, 1.165) is 17.7 Å². The van der Waals surface area contributed by atoms with Crippen molar-refractivity contribution in [3.05, 3.63) is 70.8 Å². The number of likely N-dealkylation sites (N-methyl/N-ethyl adjacent to an activating group) is 1. The van der Waals surface area contributed by atoms with Gasteiger partial charge in [0.1, 0.15) is 11.6 Å². The number of nitrogens with two attached hydrogens (primary N) is 1. The van der Waals surface area contributed by atoms with Crippen LogP contribution in [0.5, 0.6) is 0 Å². The monoisotopic (exact) mass is 386 g/mol. The number of amides is 1. The molecule has 5 nitrogen and oxygen atoms in total. The van der Waals surface area contributed by atoms with E-state index in [9.17, 15) is 13.6 Å². The summed E-state index contributed by atoms with van der Waals surface area (Å²) in [5.74, 6) is -2.79. The van der Waals surface area contributed by atoms with Gasteiger partial charge in [-0.25, -0.2) is 8.78 Å². The Morgan fingerprint density at radius 3 is 2.32 bits per heavy atom. The third-order valence-electron chi connectivity index (χ3n) is 5.35. The van der Waals surface area contributed by atoms with Gasteiger partial charge in [-0.1, -0.05) is 30.3 Å². The van der Waals surface area contributed by atoms with Gasteiger partial charge in [0.05, 0.1) is 11.5 Å². The molecule has 1 aliphatic heterocycles. The Hall–Kier alpha value is -2.80. The van der Waals surface area contributed by atoms with Crippen LogP contribution in [0, 0.1) is 17.0 Å². The predicted octanol–water partition coefficient (Wildman–Crippen LogP) is 3.15. The smallest absolute Gasteiger partial charge is 0.239 e. The fourth-order valence-electron chi connectivity index (χ4n) is 3.67. The molecule has 1 aliphatic rings. The van der Waals surface area contributed by atoms with E-state index in [1.807, 2.05) is 26.0 Å². The lowest BCUT2D eigenvalue weighted by Crippen LogP contribution is -2.62. The molecule has 0 radical (unpaired) electrons. The summed E-state index contributed by atoms with van der Waals surface area (Å²) in [4.78, 5) is 14.3. The lowest BCUT2D eigenvalue weighted by molar-refractivity contribution is -0.131. The van der Waals surface area contributed by atoms with Gasteiger partial charge in [-0.15, -0.1) is 0 Å². The number of guanidine groups is 1. The average Bonchev–Trinajstić information content (AvgIpc) is 2.59. The third-order valence-corrected chi connectivity index (χ3v) is 5.35. The summed E-state index contributed by atoms with van der Waals surface area (Å²) in [7, 11) is 1.49. The SMILES string of the molecule is CN1C(=N)N[C@](C)(c2ccc(F)cc2F)[C@H](c2ccc(C(C)(C)N)cc2)C1=O. The highest BCUT2D eigenvalue weighted by atomic mass is 19.1. The average molecular weight is 386 g/mol. The number of nitrogens with zero attached hydrogens (tertiary/aromatic N) is 1. The molecule has 148 valence electrons. The van der Waals surface area contributed by atoms with Crippen LogP contribution >= 0.6 is 0 Å². The zero-order valence-corrected chi connectivity index (χ0v) is 16.3. The van der Waals surface area contributed by atoms with E-state index in [0.29, 0.717) is 5.56 Å². The number of nitrogens with one attached hydrogen (secondary N) is 2. The molecule has 28 heavy (non-hydrogen) atoms. The van der Waals surface area contributed by atoms with E-state index < -0.39 is 28.6 Å². The van der Waals surface area contributed by atoms with Crippen molar-refractivity contribution in [1.82, 2.24) is 10.2 Å². The molecule has 1 fully saturated rings. The second-order valence-electron chi connectivity index (χ2n) is 7.97. The summed E-state index contributed by atoms with van der Waals surface area (Å²) in [6.45, 7) is 5.40. The molecule has 0 aromatic heterocycles. The Morgan fingerprint density at radius 1 is 1.18 bits per heavy atom. The number of halogens is 2. The van der Waals surface area contributed by atoms with Gasteiger partial charge < -0.3 is 11.1 Å². The zero-order valence-electron chi connectivity index (χ0n) is 16.3. The highest BCUT2D eigenvalue weighted by Gasteiger charge is 2.49. The molecular formula is C21H24F2N4O. The second-order valence-corrected chi connectivity index (χ2v) is 7.97. The first-order chi connectivity index (χ1) is 12.9. The minimum Gasteiger partial charge on any atom is -0.346 e. The van der Waals surface area contributed by atoms with Crippen LogP contribution in [-0.2, 0) is 15.9 Å². The lowest BCUT2D eigenvalue weighted by atomic mass is 9.73. The van der Waals surface area contributed by atoms with Gasteiger partial charge in [-0.3, -0.25) is 15.1 Å². The van der Waals surface area contributed by atoms with Gasteiger partial charge in [0.25, 0.3) is 0 Å². The van der Waals surface area contributed by atoms with Gasteiger partial charge in [-0.2, -0.15) is 0 Å². The third kappa shape index (κ3) is 3.26. The minimum absolute atomic E-state index is 0.119. The van der Waals surface area contributed by atoms with Gasteiger partial charge in [0, 0.05) is 24.2 Å². The maximum Gasteiger partial charge on any atom is 0.239 e. The molecule has 2 aromatic carbocycles. The summed E-state index contributed by atoms with van der Waals surface area (Å²) in [6.07, 6.45) is 0. The highest BCUT2D eigenvalue weighted by molar-refractivity contribution is 6.02. The van der Waals surface area contributed by atoms with Crippen LogP contribution in [0.4, 0.5) is 8.78 Å². The van der Waals surface area contributed by atoms with E-state index in [-0.39, 0.29) is 17.4 Å². The Bertz CT molecular complexity index is 936. The maximum atomic E-state index is 14.6. The molecule has 1 heterocycles. The minimum atomic E-state index is -1.27. The van der Waals surface area contributed by atoms with E-state index in [2.05, 4.69) is 5.32 Å². The molecule has 2 atom stereocenters. The first-order valence-electron chi connectivity index (χ1n) is 8.94. The summed E-state index contributed by atoms with van der Waals surface area (Å²) in [5.41, 5.74) is 5.98. The Morgan fingerprint density at radius 2 is 1.79 bits per heavy atom. The van der Waals surface area contributed by atoms with Crippen LogP contribution in [0.3, 0.4) is 0 Å². The van der Waals surface area contributed by atoms with Crippen molar-refractivity contribution in [2.75, 3.05) is 7.05 Å². The van der Waals surface area contributed by atoms with Crippen molar-refractivity contribution in [1.29, 1.82) is 5.41 Å². The van der Waals surface area contributed by atoms with Crippen LogP contribution in [-0.4, -0.2) is 23.8 Å². The molecule has 1 saturated heterocycles. The molecule has 7 heteroatoms. The fraction of sp³-hybridized carbons (Fsp3) is 0.333. The summed E-state index contributed by atoms with van der Waals surface area (Å²) < 4.78 is 28.1. The number of carbonyl (C=O) groups is 1. The lowest BCUT2D eigenvalue weighted by Gasteiger charge is -2.46. The predicted molar refractivity (Wildman–Crippen MR) is 104 cm³/mol. The van der Waals surface area contributed by atoms with Crippen molar-refractivity contribution in [2.24, 2.45) is 5.73 Å². The molecular weight excluding hydrogens is 362 g/mol. The summed E-state index contributed by atoms with van der Waals surface area (Å²) in [5, 5.41) is 11.0. The number of hydrogen-bond donors (Lipinski definition) is 3. The van der Waals surface area contributed by atoms with Crippen molar-refractivity contribution in [3.63, 3.8) is 0 Å². The Balaban J connectivity index is 2.16. The van der Waals surface area contributed by atoms with Gasteiger partial charge in [0.2, 0.25) is 5.91 Å². The quantitative estimate of drug-likeness (QED) is 0.758. The normalized spacial score (nSPS) is 23.0. The van der Waals surface area contributed by atoms with Crippen LogP contribution in [0.15, 0.2) is 42.5 Å². The van der Waals surface area contributed by atoms with Crippen molar-refractivity contribution in [2.45, 2.75) is 37.8 Å². The number of rotatable bonds is 3. The van der Waals surface area contributed by atoms with Crippen LogP contribution in [0.2, 0.25) is 0 Å². The Kier molecular flexibility index (Phi) is 4.75. The van der Waals surface area contributed by atoms with E-state index in [1.165, 1.54) is 18.0 Å². The molecule has 4 N–H and O–H groups in total. The molecule has 3 rings (SSSR count). The van der Waals surface area contributed by atoms with Gasteiger partial charge in [0.15, 0.2) is 5.96 Å². The molecule has 1 amide bonds. The molecule has 2 aromatic rings. The highest BCUT2D eigenvalue weighted by Crippen LogP contribution is 2.42. The zero-order chi connectivity index (χ0) is 20.9. The van der Waals surface area contributed by atoms with Gasteiger partial charge in [-0.05, 0) is 38.0 Å². The fourth-order valence-corrected chi connectivity index (χ4v) is 3.67. The topological polar surface area (TPSA) is 82.2 Å². The van der Waals surface area contributed by atoms with Crippen LogP contribution in [0.25, 0.3) is 0 Å². The number of benzene rings is 2. The van der Waals surface area contributed by atoms with E-state index in [1.54, 1.807) is 19.1 Å². The van der Waals surface area contributed by atoms with Crippen molar-refractivity contribution < 1.29 is 13.6 Å². The largest absolute Gasteiger partial charge is 0.346 e. The van der Waals surface area contributed by atoms with E-state index >= 15 is 0 Å². The van der Waals surface area contributed by atoms with Crippen molar-refractivity contribution in [3.8, 4) is 0 Å². The van der Waals surface area contributed by atoms with Crippen LogP contribution in [0.1, 0.15) is 43.4 Å².